The first kappa shape index (κ1) is 14.9. The molecule has 2 aromatic carbocycles. The summed E-state index contributed by atoms with van der Waals surface area (Å²) >= 11 is 0. The van der Waals surface area contributed by atoms with Gasteiger partial charge in [0.1, 0.15) is 11.5 Å². The van der Waals surface area contributed by atoms with E-state index in [2.05, 4.69) is 32.2 Å². The fourth-order valence-corrected chi connectivity index (χ4v) is 3.53. The van der Waals surface area contributed by atoms with Crippen molar-refractivity contribution in [2.24, 2.45) is 0 Å². The van der Waals surface area contributed by atoms with Gasteiger partial charge in [0.15, 0.2) is 0 Å². The molecule has 22 heavy (non-hydrogen) atoms. The standard InChI is InChI=1S/C19H23NO2/c1-11-9-17(22-4)12(2)13(3)18(11)19-16-6-5-15(21)10-14(16)7-8-20-19/h5-6,9-10,19-21H,7-8H2,1-4H3. The molecule has 0 saturated carbocycles. The average molecular weight is 297 g/mol. The maximum absolute atomic E-state index is 9.73. The van der Waals surface area contributed by atoms with Crippen LogP contribution in [0.1, 0.15) is 39.4 Å². The quantitative estimate of drug-likeness (QED) is 0.890. The normalized spacial score (nSPS) is 17.2. The molecule has 3 rings (SSSR count). The van der Waals surface area contributed by atoms with Crippen molar-refractivity contribution in [3.05, 3.63) is 57.6 Å². The summed E-state index contributed by atoms with van der Waals surface area (Å²) in [6.45, 7) is 7.33. The van der Waals surface area contributed by atoms with Crippen LogP contribution in [0.5, 0.6) is 11.5 Å². The largest absolute Gasteiger partial charge is 0.508 e. The Hall–Kier alpha value is -2.00. The van der Waals surface area contributed by atoms with Gasteiger partial charge in [0.2, 0.25) is 0 Å². The summed E-state index contributed by atoms with van der Waals surface area (Å²) in [7, 11) is 1.72. The van der Waals surface area contributed by atoms with Crippen LogP contribution < -0.4 is 10.1 Å². The SMILES string of the molecule is COc1cc(C)c(C2NCCc3cc(O)ccc32)c(C)c1C. The predicted molar refractivity (Wildman–Crippen MR) is 88.9 cm³/mol. The highest BCUT2D eigenvalue weighted by Gasteiger charge is 2.25. The van der Waals surface area contributed by atoms with Gasteiger partial charge in [-0.25, -0.2) is 0 Å². The first-order chi connectivity index (χ1) is 10.5. The molecule has 0 spiro atoms. The van der Waals surface area contributed by atoms with Crippen molar-refractivity contribution in [2.75, 3.05) is 13.7 Å². The Morgan fingerprint density at radius 2 is 1.91 bits per heavy atom. The third-order valence-corrected chi connectivity index (χ3v) is 4.80. The molecule has 0 aromatic heterocycles. The predicted octanol–water partition coefficient (Wildman–Crippen LogP) is 3.56. The van der Waals surface area contributed by atoms with Crippen molar-refractivity contribution < 1.29 is 9.84 Å². The van der Waals surface area contributed by atoms with Crippen molar-refractivity contribution in [2.45, 2.75) is 33.2 Å². The van der Waals surface area contributed by atoms with Gasteiger partial charge >= 0.3 is 0 Å². The molecule has 1 aliphatic rings. The van der Waals surface area contributed by atoms with Crippen LogP contribution >= 0.6 is 0 Å². The van der Waals surface area contributed by atoms with Crippen LogP contribution in [0.4, 0.5) is 0 Å². The number of aryl methyl sites for hydroxylation is 1. The zero-order valence-electron chi connectivity index (χ0n) is 13.7. The Bertz CT molecular complexity index is 722. The highest BCUT2D eigenvalue weighted by atomic mass is 16.5. The number of methoxy groups -OCH3 is 1. The molecule has 0 fully saturated rings. The number of phenolic OH excluding ortho intramolecular Hbond substituents is 1. The number of hydrogen-bond acceptors (Lipinski definition) is 3. The van der Waals surface area contributed by atoms with Crippen LogP contribution in [-0.4, -0.2) is 18.8 Å². The molecule has 116 valence electrons. The number of ether oxygens (including phenoxy) is 1. The summed E-state index contributed by atoms with van der Waals surface area (Å²) in [5.41, 5.74) is 7.52. The minimum absolute atomic E-state index is 0.175. The molecule has 3 heteroatoms. The Kier molecular flexibility index (Phi) is 3.83. The van der Waals surface area contributed by atoms with E-state index in [0.29, 0.717) is 5.75 Å². The summed E-state index contributed by atoms with van der Waals surface area (Å²) < 4.78 is 5.48. The lowest BCUT2D eigenvalue weighted by atomic mass is 9.84. The molecular formula is C19H23NO2. The van der Waals surface area contributed by atoms with Gasteiger partial charge in [0.25, 0.3) is 0 Å². The van der Waals surface area contributed by atoms with E-state index in [9.17, 15) is 5.11 Å². The van der Waals surface area contributed by atoms with Crippen LogP contribution in [-0.2, 0) is 6.42 Å². The van der Waals surface area contributed by atoms with Crippen LogP contribution in [0.15, 0.2) is 24.3 Å². The third-order valence-electron chi connectivity index (χ3n) is 4.80. The fraction of sp³-hybridized carbons (Fsp3) is 0.368. The second kappa shape index (κ2) is 5.65. The smallest absolute Gasteiger partial charge is 0.122 e. The van der Waals surface area contributed by atoms with Gasteiger partial charge in [-0.05, 0) is 78.8 Å². The van der Waals surface area contributed by atoms with Gasteiger partial charge in [-0.2, -0.15) is 0 Å². The van der Waals surface area contributed by atoms with Gasteiger partial charge in [-0.1, -0.05) is 6.07 Å². The number of rotatable bonds is 2. The Labute approximate surface area is 131 Å². The Balaban J connectivity index is 2.16. The Morgan fingerprint density at radius 1 is 1.14 bits per heavy atom. The van der Waals surface area contributed by atoms with Crippen molar-refractivity contribution in [3.63, 3.8) is 0 Å². The lowest BCUT2D eigenvalue weighted by molar-refractivity contribution is 0.410. The maximum Gasteiger partial charge on any atom is 0.122 e. The monoisotopic (exact) mass is 297 g/mol. The number of phenols is 1. The second-order valence-corrected chi connectivity index (χ2v) is 6.08. The number of aromatic hydroxyl groups is 1. The van der Waals surface area contributed by atoms with Crippen molar-refractivity contribution >= 4 is 0 Å². The Morgan fingerprint density at radius 3 is 2.64 bits per heavy atom. The topological polar surface area (TPSA) is 41.5 Å². The van der Waals surface area contributed by atoms with E-state index in [1.54, 1.807) is 13.2 Å². The van der Waals surface area contributed by atoms with Crippen LogP contribution in [0, 0.1) is 20.8 Å². The third kappa shape index (κ3) is 2.35. The molecule has 2 N–H and O–H groups in total. The van der Waals surface area contributed by atoms with Gasteiger partial charge in [-0.3, -0.25) is 0 Å². The first-order valence-electron chi connectivity index (χ1n) is 7.72. The minimum atomic E-state index is 0.175. The second-order valence-electron chi connectivity index (χ2n) is 6.08. The number of nitrogens with one attached hydrogen (secondary N) is 1. The van der Waals surface area contributed by atoms with Crippen molar-refractivity contribution in [1.29, 1.82) is 0 Å². The van der Waals surface area contributed by atoms with Crippen LogP contribution in [0.2, 0.25) is 0 Å². The summed E-state index contributed by atoms with van der Waals surface area (Å²) in [5.74, 6) is 1.29. The summed E-state index contributed by atoms with van der Waals surface area (Å²) in [5, 5.41) is 13.4. The summed E-state index contributed by atoms with van der Waals surface area (Å²) in [4.78, 5) is 0. The highest BCUT2D eigenvalue weighted by molar-refractivity contribution is 5.53. The molecule has 1 heterocycles. The van der Waals surface area contributed by atoms with E-state index < -0.39 is 0 Å². The molecule has 0 bridgehead atoms. The average Bonchev–Trinajstić information content (AvgIpc) is 2.50. The van der Waals surface area contributed by atoms with Gasteiger partial charge in [0, 0.05) is 6.54 Å². The lowest BCUT2D eigenvalue weighted by Gasteiger charge is -2.30. The number of hydrogen-bond donors (Lipinski definition) is 2. The van der Waals surface area contributed by atoms with E-state index in [1.807, 2.05) is 12.1 Å². The molecule has 0 aliphatic carbocycles. The van der Waals surface area contributed by atoms with E-state index >= 15 is 0 Å². The molecule has 1 aliphatic heterocycles. The molecule has 1 unspecified atom stereocenters. The molecule has 0 saturated heterocycles. The maximum atomic E-state index is 9.73. The highest BCUT2D eigenvalue weighted by Crippen LogP contribution is 2.37. The van der Waals surface area contributed by atoms with E-state index in [-0.39, 0.29) is 6.04 Å². The molecular weight excluding hydrogens is 274 g/mol. The molecule has 0 amide bonds. The van der Waals surface area contributed by atoms with Gasteiger partial charge in [-0.15, -0.1) is 0 Å². The van der Waals surface area contributed by atoms with E-state index in [1.165, 1.54) is 33.4 Å². The van der Waals surface area contributed by atoms with Crippen molar-refractivity contribution in [3.8, 4) is 11.5 Å². The van der Waals surface area contributed by atoms with E-state index in [4.69, 9.17) is 4.74 Å². The zero-order chi connectivity index (χ0) is 15.9. The van der Waals surface area contributed by atoms with E-state index in [0.717, 1.165) is 18.7 Å². The van der Waals surface area contributed by atoms with Crippen LogP contribution in [0.25, 0.3) is 0 Å². The summed E-state index contributed by atoms with van der Waals surface area (Å²) in [6, 6.07) is 8.01. The van der Waals surface area contributed by atoms with Gasteiger partial charge in [0.05, 0.1) is 13.2 Å². The summed E-state index contributed by atoms with van der Waals surface area (Å²) in [6.07, 6.45) is 0.952. The van der Waals surface area contributed by atoms with Crippen molar-refractivity contribution in [1.82, 2.24) is 5.32 Å². The molecule has 0 radical (unpaired) electrons. The first-order valence-corrected chi connectivity index (χ1v) is 7.72. The fourth-order valence-electron chi connectivity index (χ4n) is 3.53. The number of fused-ring (bicyclic) bond motifs is 1. The lowest BCUT2D eigenvalue weighted by Crippen LogP contribution is -2.31. The number of benzene rings is 2. The van der Waals surface area contributed by atoms with Gasteiger partial charge < -0.3 is 15.2 Å². The minimum Gasteiger partial charge on any atom is -0.508 e. The zero-order valence-corrected chi connectivity index (χ0v) is 13.7. The molecule has 1 atom stereocenters. The molecule has 3 nitrogen and oxygen atoms in total. The molecule has 2 aromatic rings. The van der Waals surface area contributed by atoms with Crippen LogP contribution in [0.3, 0.4) is 0 Å².